The minimum Gasteiger partial charge on any atom is -0.497 e. The quantitative estimate of drug-likeness (QED) is 0.922. The molecule has 0 saturated carbocycles. The number of methoxy groups -OCH3 is 1. The maximum absolute atomic E-state index is 12.5. The molecule has 1 N–H and O–H groups in total. The Morgan fingerprint density at radius 3 is 3.10 bits per heavy atom. The Morgan fingerprint density at radius 1 is 1.45 bits per heavy atom. The molecule has 5 heteroatoms. The second-order valence-electron chi connectivity index (χ2n) is 5.23. The summed E-state index contributed by atoms with van der Waals surface area (Å²) in [5, 5.41) is 4.07. The smallest absolute Gasteiger partial charge is 0.261 e. The Kier molecular flexibility index (Phi) is 3.69. The zero-order valence-electron chi connectivity index (χ0n) is 11.6. The maximum atomic E-state index is 12.5. The molecule has 0 spiro atoms. The van der Waals surface area contributed by atoms with Crippen LogP contribution in [-0.2, 0) is 6.54 Å². The van der Waals surface area contributed by atoms with Crippen LogP contribution >= 0.6 is 0 Å². The van der Waals surface area contributed by atoms with Gasteiger partial charge in [-0.05, 0) is 37.6 Å². The summed E-state index contributed by atoms with van der Waals surface area (Å²) in [5.74, 6) is 0.685. The van der Waals surface area contributed by atoms with E-state index in [-0.39, 0.29) is 5.56 Å². The second-order valence-corrected chi connectivity index (χ2v) is 5.23. The van der Waals surface area contributed by atoms with Gasteiger partial charge in [-0.2, -0.15) is 0 Å². The van der Waals surface area contributed by atoms with E-state index in [2.05, 4.69) is 10.3 Å². The van der Waals surface area contributed by atoms with E-state index < -0.39 is 0 Å². The van der Waals surface area contributed by atoms with Crippen LogP contribution < -0.4 is 15.6 Å². The van der Waals surface area contributed by atoms with Crippen molar-refractivity contribution in [3.8, 4) is 5.75 Å². The van der Waals surface area contributed by atoms with E-state index >= 15 is 0 Å². The summed E-state index contributed by atoms with van der Waals surface area (Å²) in [4.78, 5) is 16.9. The molecule has 0 radical (unpaired) electrons. The summed E-state index contributed by atoms with van der Waals surface area (Å²) < 4.78 is 6.88. The van der Waals surface area contributed by atoms with Crippen LogP contribution in [0.2, 0.25) is 0 Å². The van der Waals surface area contributed by atoms with Crippen LogP contribution in [0.1, 0.15) is 19.3 Å². The van der Waals surface area contributed by atoms with Gasteiger partial charge in [0.15, 0.2) is 0 Å². The van der Waals surface area contributed by atoms with E-state index in [9.17, 15) is 4.79 Å². The molecule has 1 aromatic carbocycles. The average molecular weight is 273 g/mol. The lowest BCUT2D eigenvalue weighted by Gasteiger charge is -2.24. The van der Waals surface area contributed by atoms with Crippen molar-refractivity contribution in [3.05, 3.63) is 34.9 Å². The highest BCUT2D eigenvalue weighted by molar-refractivity contribution is 5.78. The van der Waals surface area contributed by atoms with Gasteiger partial charge in [0.1, 0.15) is 5.75 Å². The first kappa shape index (κ1) is 13.1. The number of nitrogens with zero attached hydrogens (tertiary/aromatic N) is 2. The highest BCUT2D eigenvalue weighted by Gasteiger charge is 2.14. The molecule has 1 aliphatic heterocycles. The predicted octanol–water partition coefficient (Wildman–Crippen LogP) is 1.55. The van der Waals surface area contributed by atoms with Crippen LogP contribution in [-0.4, -0.2) is 29.2 Å². The zero-order valence-corrected chi connectivity index (χ0v) is 11.6. The fourth-order valence-electron chi connectivity index (χ4n) is 2.71. The van der Waals surface area contributed by atoms with Gasteiger partial charge >= 0.3 is 0 Å². The molecular weight excluding hydrogens is 254 g/mol. The van der Waals surface area contributed by atoms with Gasteiger partial charge in [0, 0.05) is 12.6 Å². The summed E-state index contributed by atoms with van der Waals surface area (Å²) in [5.41, 5.74) is 0.713. The number of rotatable bonds is 3. The molecule has 1 fully saturated rings. The molecule has 3 rings (SSSR count). The van der Waals surface area contributed by atoms with Crippen molar-refractivity contribution >= 4 is 10.9 Å². The van der Waals surface area contributed by atoms with E-state index in [1.54, 1.807) is 24.1 Å². The van der Waals surface area contributed by atoms with E-state index in [0.29, 0.717) is 29.2 Å². The SMILES string of the molecule is COc1ccc2ncn(CC3CCCCN3)c(=O)c2c1. The van der Waals surface area contributed by atoms with Crippen molar-refractivity contribution in [1.82, 2.24) is 14.9 Å². The van der Waals surface area contributed by atoms with Crippen molar-refractivity contribution in [1.29, 1.82) is 0 Å². The van der Waals surface area contributed by atoms with Crippen LogP contribution in [0.25, 0.3) is 10.9 Å². The van der Waals surface area contributed by atoms with Crippen molar-refractivity contribution < 1.29 is 4.74 Å². The monoisotopic (exact) mass is 273 g/mol. The average Bonchev–Trinajstić information content (AvgIpc) is 2.51. The minimum absolute atomic E-state index is 0.00118. The minimum atomic E-state index is 0.00118. The number of ether oxygens (including phenoxy) is 1. The number of aromatic nitrogens is 2. The summed E-state index contributed by atoms with van der Waals surface area (Å²) in [6.45, 7) is 1.72. The Balaban J connectivity index is 1.95. The van der Waals surface area contributed by atoms with E-state index in [0.717, 1.165) is 13.0 Å². The summed E-state index contributed by atoms with van der Waals surface area (Å²) in [6.07, 6.45) is 5.20. The van der Waals surface area contributed by atoms with Crippen LogP contribution in [0.15, 0.2) is 29.3 Å². The third-order valence-corrected chi connectivity index (χ3v) is 3.86. The van der Waals surface area contributed by atoms with Gasteiger partial charge < -0.3 is 10.1 Å². The molecule has 0 aliphatic carbocycles. The largest absolute Gasteiger partial charge is 0.497 e. The first-order valence-electron chi connectivity index (χ1n) is 7.04. The first-order valence-corrected chi connectivity index (χ1v) is 7.04. The zero-order chi connectivity index (χ0) is 13.9. The number of piperidine rings is 1. The molecule has 2 aromatic rings. The first-order chi connectivity index (χ1) is 9.78. The maximum Gasteiger partial charge on any atom is 0.261 e. The van der Waals surface area contributed by atoms with E-state index in [4.69, 9.17) is 4.74 Å². The highest BCUT2D eigenvalue weighted by atomic mass is 16.5. The molecule has 1 aromatic heterocycles. The Labute approximate surface area is 117 Å². The third-order valence-electron chi connectivity index (χ3n) is 3.86. The van der Waals surface area contributed by atoms with Crippen LogP contribution in [0.4, 0.5) is 0 Å². The Morgan fingerprint density at radius 2 is 2.35 bits per heavy atom. The lowest BCUT2D eigenvalue weighted by molar-refractivity contribution is 0.359. The molecule has 106 valence electrons. The van der Waals surface area contributed by atoms with Gasteiger partial charge in [-0.3, -0.25) is 9.36 Å². The molecule has 1 atom stereocenters. The molecule has 20 heavy (non-hydrogen) atoms. The van der Waals surface area contributed by atoms with Crippen LogP contribution in [0.3, 0.4) is 0 Å². The second kappa shape index (κ2) is 5.63. The normalized spacial score (nSPS) is 19.1. The summed E-state index contributed by atoms with van der Waals surface area (Å²) in [7, 11) is 1.60. The molecular formula is C15H19N3O2. The fraction of sp³-hybridized carbons (Fsp3) is 0.467. The number of fused-ring (bicyclic) bond motifs is 1. The van der Waals surface area contributed by atoms with Crippen molar-refractivity contribution in [2.75, 3.05) is 13.7 Å². The highest BCUT2D eigenvalue weighted by Crippen LogP contribution is 2.16. The number of hydrogen-bond acceptors (Lipinski definition) is 4. The molecule has 0 amide bonds. The molecule has 1 aliphatic rings. The molecule has 0 bridgehead atoms. The molecule has 2 heterocycles. The van der Waals surface area contributed by atoms with Crippen molar-refractivity contribution in [3.63, 3.8) is 0 Å². The fourth-order valence-corrected chi connectivity index (χ4v) is 2.71. The van der Waals surface area contributed by atoms with Crippen LogP contribution in [0.5, 0.6) is 5.75 Å². The van der Waals surface area contributed by atoms with Gasteiger partial charge in [-0.25, -0.2) is 4.98 Å². The lowest BCUT2D eigenvalue weighted by atomic mass is 10.1. The number of nitrogens with one attached hydrogen (secondary N) is 1. The van der Waals surface area contributed by atoms with Crippen molar-refractivity contribution in [2.45, 2.75) is 31.8 Å². The standard InChI is InChI=1S/C15H19N3O2/c1-20-12-5-6-14-13(8-12)15(19)18(10-17-14)9-11-4-2-3-7-16-11/h5-6,8,10-11,16H,2-4,7,9H2,1H3. The molecule has 5 nitrogen and oxygen atoms in total. The number of hydrogen-bond donors (Lipinski definition) is 1. The summed E-state index contributed by atoms with van der Waals surface area (Å²) >= 11 is 0. The van der Waals surface area contributed by atoms with Crippen molar-refractivity contribution in [2.24, 2.45) is 0 Å². The van der Waals surface area contributed by atoms with Crippen LogP contribution in [0, 0.1) is 0 Å². The van der Waals surface area contributed by atoms with Gasteiger partial charge in [0.05, 0.1) is 24.3 Å². The van der Waals surface area contributed by atoms with Gasteiger partial charge in [-0.15, -0.1) is 0 Å². The predicted molar refractivity (Wildman–Crippen MR) is 78.2 cm³/mol. The third kappa shape index (κ3) is 2.54. The Bertz CT molecular complexity index is 660. The molecule has 1 saturated heterocycles. The van der Waals surface area contributed by atoms with Gasteiger partial charge in [0.2, 0.25) is 0 Å². The van der Waals surface area contributed by atoms with Gasteiger partial charge in [-0.1, -0.05) is 6.42 Å². The van der Waals surface area contributed by atoms with E-state index in [1.807, 2.05) is 12.1 Å². The summed E-state index contributed by atoms with van der Waals surface area (Å²) in [6, 6.07) is 5.77. The van der Waals surface area contributed by atoms with E-state index in [1.165, 1.54) is 12.8 Å². The molecule has 1 unspecified atom stereocenters. The van der Waals surface area contributed by atoms with Gasteiger partial charge in [0.25, 0.3) is 5.56 Å². The lowest BCUT2D eigenvalue weighted by Crippen LogP contribution is -2.39. The number of benzene rings is 1. The topological polar surface area (TPSA) is 56.1 Å². The Hall–Kier alpha value is -1.88.